The summed E-state index contributed by atoms with van der Waals surface area (Å²) >= 11 is 0. The molecule has 2 N–H and O–H groups in total. The van der Waals surface area contributed by atoms with Gasteiger partial charge in [-0.2, -0.15) is 0 Å². The lowest BCUT2D eigenvalue weighted by Crippen LogP contribution is -2.43. The van der Waals surface area contributed by atoms with Crippen LogP contribution in [-0.4, -0.2) is 51.1 Å². The van der Waals surface area contributed by atoms with Gasteiger partial charge in [-0.1, -0.05) is 42.5 Å². The lowest BCUT2D eigenvalue weighted by atomic mass is 10.1. The average Bonchev–Trinajstić information content (AvgIpc) is 2.73. The van der Waals surface area contributed by atoms with Crippen molar-refractivity contribution in [2.24, 2.45) is 4.99 Å². The van der Waals surface area contributed by atoms with Crippen molar-refractivity contribution in [2.45, 2.75) is 19.4 Å². The van der Waals surface area contributed by atoms with Crippen LogP contribution in [0.4, 0.5) is 0 Å². The predicted molar refractivity (Wildman–Crippen MR) is 129 cm³/mol. The second-order valence-corrected chi connectivity index (χ2v) is 6.67. The van der Waals surface area contributed by atoms with Gasteiger partial charge in [0, 0.05) is 20.6 Å². The average molecular weight is 510 g/mol. The van der Waals surface area contributed by atoms with Gasteiger partial charge in [-0.25, -0.2) is 4.99 Å². The number of nitrogens with one attached hydrogen (secondary N) is 2. The van der Waals surface area contributed by atoms with Crippen molar-refractivity contribution in [3.05, 3.63) is 65.7 Å². The van der Waals surface area contributed by atoms with Crippen molar-refractivity contribution in [3.8, 4) is 5.75 Å². The Morgan fingerprint density at radius 1 is 1.00 bits per heavy atom. The zero-order chi connectivity index (χ0) is 20.2. The summed E-state index contributed by atoms with van der Waals surface area (Å²) < 4.78 is 5.18. The molecule has 0 aliphatic carbocycles. The molecule has 0 bridgehead atoms. The largest absolute Gasteiger partial charge is 0.497 e. The summed E-state index contributed by atoms with van der Waals surface area (Å²) in [7, 11) is 5.13. The first kappa shape index (κ1) is 24.7. The third-order valence-electron chi connectivity index (χ3n) is 4.26. The molecule has 0 unspecified atom stereocenters. The highest BCUT2D eigenvalue weighted by Gasteiger charge is 2.06. The van der Waals surface area contributed by atoms with E-state index < -0.39 is 0 Å². The van der Waals surface area contributed by atoms with Crippen LogP contribution in [0.1, 0.15) is 17.5 Å². The van der Waals surface area contributed by atoms with E-state index in [1.54, 1.807) is 26.1 Å². The Bertz CT molecular complexity index is 749. The third kappa shape index (κ3) is 9.65. The maximum absolute atomic E-state index is 11.9. The number of aryl methyl sites for hydroxylation is 1. The number of ether oxygens (including phenoxy) is 1. The fourth-order valence-corrected chi connectivity index (χ4v) is 2.54. The molecule has 0 heterocycles. The van der Waals surface area contributed by atoms with E-state index >= 15 is 0 Å². The van der Waals surface area contributed by atoms with Crippen LogP contribution < -0.4 is 15.4 Å². The SMILES string of the molecule is COc1ccc(CN=C(NCCCc2ccccc2)NCC(=O)N(C)C)cc1.I. The summed E-state index contributed by atoms with van der Waals surface area (Å²) in [6.45, 7) is 1.51. The maximum Gasteiger partial charge on any atom is 0.241 e. The van der Waals surface area contributed by atoms with Crippen LogP contribution in [0.2, 0.25) is 0 Å². The maximum atomic E-state index is 11.9. The fourth-order valence-electron chi connectivity index (χ4n) is 2.54. The van der Waals surface area contributed by atoms with E-state index in [4.69, 9.17) is 4.74 Å². The molecule has 2 rings (SSSR count). The number of guanidine groups is 1. The number of benzene rings is 2. The van der Waals surface area contributed by atoms with Crippen LogP contribution in [0.15, 0.2) is 59.6 Å². The number of rotatable bonds is 9. The Balaban J connectivity index is 0.00000420. The van der Waals surface area contributed by atoms with Crippen LogP contribution in [0.5, 0.6) is 5.75 Å². The van der Waals surface area contributed by atoms with Crippen LogP contribution >= 0.6 is 24.0 Å². The molecule has 2 aromatic rings. The van der Waals surface area contributed by atoms with Gasteiger partial charge in [0.15, 0.2) is 5.96 Å². The van der Waals surface area contributed by atoms with E-state index in [9.17, 15) is 4.79 Å². The molecule has 0 saturated heterocycles. The van der Waals surface area contributed by atoms with E-state index in [-0.39, 0.29) is 36.4 Å². The van der Waals surface area contributed by atoms with Gasteiger partial charge in [-0.05, 0) is 36.1 Å². The molecular weight excluding hydrogens is 479 g/mol. The molecule has 158 valence electrons. The van der Waals surface area contributed by atoms with Crippen molar-refractivity contribution < 1.29 is 9.53 Å². The molecular formula is C22H31IN4O2. The summed E-state index contributed by atoms with van der Waals surface area (Å²) in [5, 5.41) is 6.44. The first-order chi connectivity index (χ1) is 13.6. The first-order valence-corrected chi connectivity index (χ1v) is 9.47. The third-order valence-corrected chi connectivity index (χ3v) is 4.26. The molecule has 0 saturated carbocycles. The molecule has 0 fully saturated rings. The number of carbonyl (C=O) groups excluding carboxylic acids is 1. The highest BCUT2D eigenvalue weighted by Crippen LogP contribution is 2.11. The molecule has 1 amide bonds. The lowest BCUT2D eigenvalue weighted by Gasteiger charge is -2.15. The van der Waals surface area contributed by atoms with Gasteiger partial charge in [0.1, 0.15) is 5.75 Å². The number of likely N-dealkylation sites (N-methyl/N-ethyl adjacent to an activating group) is 1. The number of methoxy groups -OCH3 is 1. The van der Waals surface area contributed by atoms with Crippen molar-refractivity contribution in [1.82, 2.24) is 15.5 Å². The van der Waals surface area contributed by atoms with E-state index in [2.05, 4.69) is 39.9 Å². The molecule has 0 radical (unpaired) electrons. The Kier molecular flexibility index (Phi) is 11.8. The minimum Gasteiger partial charge on any atom is -0.497 e. The van der Waals surface area contributed by atoms with Gasteiger partial charge in [0.05, 0.1) is 20.2 Å². The highest BCUT2D eigenvalue weighted by atomic mass is 127. The van der Waals surface area contributed by atoms with Crippen molar-refractivity contribution >= 4 is 35.8 Å². The van der Waals surface area contributed by atoms with E-state index in [1.165, 1.54) is 5.56 Å². The van der Waals surface area contributed by atoms with Gasteiger partial charge < -0.3 is 20.3 Å². The van der Waals surface area contributed by atoms with E-state index in [1.807, 2.05) is 30.3 Å². The molecule has 0 aromatic heterocycles. The lowest BCUT2D eigenvalue weighted by molar-refractivity contribution is -0.127. The minimum absolute atomic E-state index is 0. The van der Waals surface area contributed by atoms with E-state index in [0.717, 1.165) is 30.7 Å². The minimum atomic E-state index is 0. The number of amides is 1. The summed E-state index contributed by atoms with van der Waals surface area (Å²) in [6.07, 6.45) is 1.98. The standard InChI is InChI=1S/C22H30N4O2.HI/c1-26(2)21(27)17-25-22(23-15-7-10-18-8-5-4-6-9-18)24-16-19-11-13-20(28-3)14-12-19;/h4-6,8-9,11-14H,7,10,15-17H2,1-3H3,(H2,23,24,25);1H. The van der Waals surface area contributed by atoms with Crippen LogP contribution in [-0.2, 0) is 17.8 Å². The summed E-state index contributed by atoms with van der Waals surface area (Å²) in [5.74, 6) is 1.46. The number of aliphatic imine (C=N–C) groups is 1. The van der Waals surface area contributed by atoms with Crippen LogP contribution in [0, 0.1) is 0 Å². The monoisotopic (exact) mass is 510 g/mol. The van der Waals surface area contributed by atoms with Crippen LogP contribution in [0.3, 0.4) is 0 Å². The second-order valence-electron chi connectivity index (χ2n) is 6.67. The molecule has 7 heteroatoms. The number of halogens is 1. The molecule has 29 heavy (non-hydrogen) atoms. The summed E-state index contributed by atoms with van der Waals surface area (Å²) in [6, 6.07) is 18.2. The number of carbonyl (C=O) groups is 1. The van der Waals surface area contributed by atoms with Gasteiger partial charge in [-0.3, -0.25) is 4.79 Å². The number of nitrogens with zero attached hydrogens (tertiary/aromatic N) is 2. The number of hydrogen-bond acceptors (Lipinski definition) is 3. The Labute approximate surface area is 190 Å². The molecule has 0 aliphatic heterocycles. The topological polar surface area (TPSA) is 66.0 Å². The van der Waals surface area contributed by atoms with Crippen molar-refractivity contribution in [2.75, 3.05) is 34.3 Å². The van der Waals surface area contributed by atoms with Gasteiger partial charge >= 0.3 is 0 Å². The second kappa shape index (κ2) is 13.8. The number of hydrogen-bond donors (Lipinski definition) is 2. The predicted octanol–water partition coefficient (Wildman–Crippen LogP) is 3.07. The molecule has 2 aromatic carbocycles. The quantitative estimate of drug-likeness (QED) is 0.236. The van der Waals surface area contributed by atoms with Gasteiger partial charge in [-0.15, -0.1) is 24.0 Å². The zero-order valence-corrected chi connectivity index (χ0v) is 19.7. The fraction of sp³-hybridized carbons (Fsp3) is 0.364. The van der Waals surface area contributed by atoms with E-state index in [0.29, 0.717) is 12.5 Å². The molecule has 0 atom stereocenters. The summed E-state index contributed by atoms with van der Waals surface area (Å²) in [5.41, 5.74) is 2.39. The van der Waals surface area contributed by atoms with Gasteiger partial charge in [0.2, 0.25) is 5.91 Å². The molecule has 0 spiro atoms. The van der Waals surface area contributed by atoms with Crippen molar-refractivity contribution in [1.29, 1.82) is 0 Å². The van der Waals surface area contributed by atoms with Crippen LogP contribution in [0.25, 0.3) is 0 Å². The molecule has 6 nitrogen and oxygen atoms in total. The summed E-state index contributed by atoms with van der Waals surface area (Å²) in [4.78, 5) is 18.0. The highest BCUT2D eigenvalue weighted by molar-refractivity contribution is 14.0. The Morgan fingerprint density at radius 3 is 2.31 bits per heavy atom. The smallest absolute Gasteiger partial charge is 0.241 e. The van der Waals surface area contributed by atoms with Crippen molar-refractivity contribution in [3.63, 3.8) is 0 Å². The zero-order valence-electron chi connectivity index (χ0n) is 17.4. The Hall–Kier alpha value is -2.29. The first-order valence-electron chi connectivity index (χ1n) is 9.47. The normalized spacial score (nSPS) is 10.7. The van der Waals surface area contributed by atoms with Gasteiger partial charge in [0.25, 0.3) is 0 Å². The Morgan fingerprint density at radius 2 is 1.69 bits per heavy atom. The molecule has 0 aliphatic rings.